The Kier molecular flexibility index (Phi) is 5.49. The van der Waals surface area contributed by atoms with E-state index in [2.05, 4.69) is 13.8 Å². The van der Waals surface area contributed by atoms with Gasteiger partial charge in [0.15, 0.2) is 5.79 Å². The van der Waals surface area contributed by atoms with Crippen LogP contribution in [0.3, 0.4) is 0 Å². The number of rotatable bonds is 5. The minimum Gasteiger partial charge on any atom is -0.350 e. The summed E-state index contributed by atoms with van der Waals surface area (Å²) >= 11 is 0. The predicted octanol–water partition coefficient (Wildman–Crippen LogP) is 3.50. The van der Waals surface area contributed by atoms with Crippen LogP contribution in [0.5, 0.6) is 0 Å². The standard InChI is InChI=1S/C12H24O2/c1-3-5-9-12(8-4-2)13-10-6-7-11-14-12/h3-11H2,1-2H3. The van der Waals surface area contributed by atoms with Crippen LogP contribution in [0.15, 0.2) is 0 Å². The first kappa shape index (κ1) is 12.0. The van der Waals surface area contributed by atoms with E-state index in [0.717, 1.165) is 45.3 Å². The first-order valence-electron chi connectivity index (χ1n) is 6.11. The summed E-state index contributed by atoms with van der Waals surface area (Å²) in [6.07, 6.45) is 7.99. The van der Waals surface area contributed by atoms with Gasteiger partial charge >= 0.3 is 0 Å². The second kappa shape index (κ2) is 6.41. The minimum absolute atomic E-state index is 0.235. The first-order chi connectivity index (χ1) is 6.83. The lowest BCUT2D eigenvalue weighted by molar-refractivity contribution is -0.233. The van der Waals surface area contributed by atoms with E-state index in [1.165, 1.54) is 12.8 Å². The van der Waals surface area contributed by atoms with E-state index in [1.54, 1.807) is 0 Å². The Hall–Kier alpha value is -0.0800. The number of ether oxygens (including phenoxy) is 2. The van der Waals surface area contributed by atoms with Crippen molar-refractivity contribution in [1.29, 1.82) is 0 Å². The van der Waals surface area contributed by atoms with Gasteiger partial charge in [-0.15, -0.1) is 0 Å². The van der Waals surface area contributed by atoms with Crippen LogP contribution in [0.2, 0.25) is 0 Å². The molecule has 2 heteroatoms. The Morgan fingerprint density at radius 1 is 0.929 bits per heavy atom. The van der Waals surface area contributed by atoms with Gasteiger partial charge in [0, 0.05) is 12.8 Å². The molecule has 0 radical (unpaired) electrons. The third-order valence-corrected chi connectivity index (χ3v) is 2.81. The second-order valence-electron chi connectivity index (χ2n) is 4.17. The fourth-order valence-corrected chi connectivity index (χ4v) is 2.00. The van der Waals surface area contributed by atoms with Gasteiger partial charge < -0.3 is 9.47 Å². The van der Waals surface area contributed by atoms with Crippen LogP contribution in [0.1, 0.15) is 58.8 Å². The van der Waals surface area contributed by atoms with E-state index in [1.807, 2.05) is 0 Å². The van der Waals surface area contributed by atoms with Gasteiger partial charge in [0.1, 0.15) is 0 Å². The van der Waals surface area contributed by atoms with Crippen molar-refractivity contribution in [3.8, 4) is 0 Å². The molecule has 0 unspecified atom stereocenters. The third kappa shape index (κ3) is 3.58. The molecule has 1 fully saturated rings. The quantitative estimate of drug-likeness (QED) is 0.676. The molecule has 1 aliphatic heterocycles. The van der Waals surface area contributed by atoms with Crippen molar-refractivity contribution in [2.24, 2.45) is 0 Å². The molecular weight excluding hydrogens is 176 g/mol. The molecule has 0 aromatic rings. The minimum atomic E-state index is -0.235. The van der Waals surface area contributed by atoms with Crippen molar-refractivity contribution in [2.75, 3.05) is 13.2 Å². The molecule has 84 valence electrons. The van der Waals surface area contributed by atoms with Gasteiger partial charge in [-0.3, -0.25) is 0 Å². The second-order valence-corrected chi connectivity index (χ2v) is 4.17. The van der Waals surface area contributed by atoms with Gasteiger partial charge in [0.25, 0.3) is 0 Å². The summed E-state index contributed by atoms with van der Waals surface area (Å²) in [6.45, 7) is 6.18. The molecule has 0 amide bonds. The highest BCUT2D eigenvalue weighted by Crippen LogP contribution is 2.29. The van der Waals surface area contributed by atoms with Gasteiger partial charge in [-0.25, -0.2) is 0 Å². The van der Waals surface area contributed by atoms with Crippen LogP contribution in [-0.4, -0.2) is 19.0 Å². The zero-order valence-corrected chi connectivity index (χ0v) is 9.68. The molecule has 1 rings (SSSR count). The van der Waals surface area contributed by atoms with E-state index in [-0.39, 0.29) is 5.79 Å². The highest BCUT2D eigenvalue weighted by Gasteiger charge is 2.31. The maximum absolute atomic E-state index is 5.91. The highest BCUT2D eigenvalue weighted by molar-refractivity contribution is 4.71. The van der Waals surface area contributed by atoms with Crippen molar-refractivity contribution in [1.82, 2.24) is 0 Å². The van der Waals surface area contributed by atoms with E-state index in [9.17, 15) is 0 Å². The summed E-state index contributed by atoms with van der Waals surface area (Å²) < 4.78 is 11.8. The Balaban J connectivity index is 2.48. The van der Waals surface area contributed by atoms with Gasteiger partial charge in [-0.1, -0.05) is 26.7 Å². The summed E-state index contributed by atoms with van der Waals surface area (Å²) in [5.74, 6) is -0.235. The molecule has 0 aliphatic carbocycles. The Morgan fingerprint density at radius 3 is 2.07 bits per heavy atom. The lowest BCUT2D eigenvalue weighted by atomic mass is 10.0. The predicted molar refractivity (Wildman–Crippen MR) is 58.3 cm³/mol. The van der Waals surface area contributed by atoms with E-state index < -0.39 is 0 Å². The molecule has 0 N–H and O–H groups in total. The van der Waals surface area contributed by atoms with Crippen molar-refractivity contribution in [3.63, 3.8) is 0 Å². The lowest BCUT2D eigenvalue weighted by Gasteiger charge is -2.32. The highest BCUT2D eigenvalue weighted by atomic mass is 16.7. The molecule has 0 aromatic heterocycles. The van der Waals surface area contributed by atoms with E-state index in [0.29, 0.717) is 0 Å². The number of hydrogen-bond acceptors (Lipinski definition) is 2. The maximum Gasteiger partial charge on any atom is 0.168 e. The van der Waals surface area contributed by atoms with Crippen molar-refractivity contribution < 1.29 is 9.47 Å². The van der Waals surface area contributed by atoms with Gasteiger partial charge in [0.2, 0.25) is 0 Å². The van der Waals surface area contributed by atoms with Gasteiger partial charge in [-0.05, 0) is 19.3 Å². The van der Waals surface area contributed by atoms with Crippen molar-refractivity contribution >= 4 is 0 Å². The molecule has 0 atom stereocenters. The monoisotopic (exact) mass is 200 g/mol. The number of hydrogen-bond donors (Lipinski definition) is 0. The largest absolute Gasteiger partial charge is 0.350 e. The Labute approximate surface area is 88.0 Å². The Bertz CT molecular complexity index is 137. The SMILES string of the molecule is CCCCC1(CCC)OCCCCO1. The van der Waals surface area contributed by atoms with Crippen molar-refractivity contribution in [3.05, 3.63) is 0 Å². The maximum atomic E-state index is 5.91. The molecule has 0 spiro atoms. The summed E-state index contributed by atoms with van der Waals surface area (Å²) in [5.41, 5.74) is 0. The summed E-state index contributed by atoms with van der Waals surface area (Å²) in [4.78, 5) is 0. The smallest absolute Gasteiger partial charge is 0.168 e. The average Bonchev–Trinajstić information content (AvgIpc) is 2.42. The molecule has 1 aliphatic rings. The van der Waals surface area contributed by atoms with E-state index in [4.69, 9.17) is 9.47 Å². The first-order valence-corrected chi connectivity index (χ1v) is 6.11. The average molecular weight is 200 g/mol. The van der Waals surface area contributed by atoms with Gasteiger partial charge in [0.05, 0.1) is 13.2 Å². The molecule has 1 heterocycles. The fourth-order valence-electron chi connectivity index (χ4n) is 2.00. The van der Waals surface area contributed by atoms with Crippen LogP contribution < -0.4 is 0 Å². The van der Waals surface area contributed by atoms with Crippen LogP contribution >= 0.6 is 0 Å². The molecule has 0 saturated carbocycles. The number of unbranched alkanes of at least 4 members (excludes halogenated alkanes) is 1. The molecule has 2 nitrogen and oxygen atoms in total. The normalized spacial score (nSPS) is 21.9. The lowest BCUT2D eigenvalue weighted by Crippen LogP contribution is -2.35. The van der Waals surface area contributed by atoms with Crippen LogP contribution in [0, 0.1) is 0 Å². The van der Waals surface area contributed by atoms with Gasteiger partial charge in [-0.2, -0.15) is 0 Å². The molecule has 0 aromatic carbocycles. The molecular formula is C12H24O2. The summed E-state index contributed by atoms with van der Waals surface area (Å²) in [5, 5.41) is 0. The molecule has 14 heavy (non-hydrogen) atoms. The topological polar surface area (TPSA) is 18.5 Å². The molecule has 0 bridgehead atoms. The zero-order chi connectivity index (χ0) is 10.3. The Morgan fingerprint density at radius 2 is 1.57 bits per heavy atom. The van der Waals surface area contributed by atoms with Crippen LogP contribution in [-0.2, 0) is 9.47 Å². The summed E-state index contributed by atoms with van der Waals surface area (Å²) in [7, 11) is 0. The van der Waals surface area contributed by atoms with E-state index >= 15 is 0 Å². The van der Waals surface area contributed by atoms with Crippen LogP contribution in [0.4, 0.5) is 0 Å². The third-order valence-electron chi connectivity index (χ3n) is 2.81. The van der Waals surface area contributed by atoms with Crippen molar-refractivity contribution in [2.45, 2.75) is 64.6 Å². The van der Waals surface area contributed by atoms with Crippen LogP contribution in [0.25, 0.3) is 0 Å². The zero-order valence-electron chi connectivity index (χ0n) is 9.68. The molecule has 1 saturated heterocycles. The summed E-state index contributed by atoms with van der Waals surface area (Å²) in [6, 6.07) is 0. The fraction of sp³-hybridized carbons (Fsp3) is 1.00.